The molecule has 1 aliphatic heterocycles. The number of nitrogens with two attached hydrogens (primary N) is 1. The third-order valence-corrected chi connectivity index (χ3v) is 3.63. The molecule has 1 fully saturated rings. The standard InChI is InChI=1S/C15H22N2O3/c1-3-10(2)13(16)14(18)17-12-6-4-11(5-7-12)15-19-8-9-20-15/h4-7,10,13,15H,3,8-9,16H2,1-2H3,(H,17,18). The lowest BCUT2D eigenvalue weighted by Crippen LogP contribution is -2.40. The van der Waals surface area contributed by atoms with Crippen LogP contribution in [0.25, 0.3) is 0 Å². The second-order valence-electron chi connectivity index (χ2n) is 5.10. The first-order chi connectivity index (χ1) is 9.61. The van der Waals surface area contributed by atoms with E-state index in [2.05, 4.69) is 5.32 Å². The van der Waals surface area contributed by atoms with E-state index < -0.39 is 6.04 Å². The van der Waals surface area contributed by atoms with E-state index in [-0.39, 0.29) is 18.1 Å². The number of hydrogen-bond donors (Lipinski definition) is 2. The molecule has 1 amide bonds. The van der Waals surface area contributed by atoms with E-state index in [0.717, 1.165) is 17.7 Å². The fourth-order valence-electron chi connectivity index (χ4n) is 2.01. The molecule has 0 spiro atoms. The summed E-state index contributed by atoms with van der Waals surface area (Å²) in [5.41, 5.74) is 7.58. The lowest BCUT2D eigenvalue weighted by atomic mass is 9.99. The normalized spacial score (nSPS) is 18.8. The molecule has 0 bridgehead atoms. The fraction of sp³-hybridized carbons (Fsp3) is 0.533. The van der Waals surface area contributed by atoms with Gasteiger partial charge in [-0.2, -0.15) is 0 Å². The molecule has 110 valence electrons. The van der Waals surface area contributed by atoms with Crippen molar-refractivity contribution in [1.29, 1.82) is 0 Å². The highest BCUT2D eigenvalue weighted by Gasteiger charge is 2.20. The molecule has 0 aromatic heterocycles. The first-order valence-corrected chi connectivity index (χ1v) is 7.01. The van der Waals surface area contributed by atoms with Crippen molar-refractivity contribution in [2.24, 2.45) is 11.7 Å². The zero-order chi connectivity index (χ0) is 14.5. The van der Waals surface area contributed by atoms with Crippen LogP contribution in [0, 0.1) is 5.92 Å². The summed E-state index contributed by atoms with van der Waals surface area (Å²) in [5, 5.41) is 2.83. The van der Waals surface area contributed by atoms with Gasteiger partial charge in [-0.3, -0.25) is 4.79 Å². The number of anilines is 1. The molecular formula is C15H22N2O3. The van der Waals surface area contributed by atoms with Gasteiger partial charge in [-0.25, -0.2) is 0 Å². The maximum absolute atomic E-state index is 12.0. The number of nitrogens with one attached hydrogen (secondary N) is 1. The summed E-state index contributed by atoms with van der Waals surface area (Å²) in [5.74, 6) is 0.00929. The largest absolute Gasteiger partial charge is 0.346 e. The van der Waals surface area contributed by atoms with Crippen molar-refractivity contribution in [1.82, 2.24) is 0 Å². The van der Waals surface area contributed by atoms with E-state index in [1.165, 1.54) is 0 Å². The zero-order valence-electron chi connectivity index (χ0n) is 12.0. The lowest BCUT2D eigenvalue weighted by Gasteiger charge is -2.18. The van der Waals surface area contributed by atoms with Crippen molar-refractivity contribution in [2.45, 2.75) is 32.6 Å². The van der Waals surface area contributed by atoms with Crippen molar-refractivity contribution >= 4 is 11.6 Å². The Morgan fingerprint density at radius 3 is 2.50 bits per heavy atom. The van der Waals surface area contributed by atoms with E-state index in [1.807, 2.05) is 38.1 Å². The average Bonchev–Trinajstić information content (AvgIpc) is 3.00. The van der Waals surface area contributed by atoms with Crippen LogP contribution in [0.3, 0.4) is 0 Å². The van der Waals surface area contributed by atoms with Crippen molar-refractivity contribution in [3.63, 3.8) is 0 Å². The number of hydrogen-bond acceptors (Lipinski definition) is 4. The lowest BCUT2D eigenvalue weighted by molar-refractivity contribution is -0.118. The van der Waals surface area contributed by atoms with Crippen LogP contribution in [0.5, 0.6) is 0 Å². The summed E-state index contributed by atoms with van der Waals surface area (Å²) < 4.78 is 10.8. The zero-order valence-corrected chi connectivity index (χ0v) is 12.0. The summed E-state index contributed by atoms with van der Waals surface area (Å²) in [6.07, 6.45) is 0.589. The highest BCUT2D eigenvalue weighted by molar-refractivity contribution is 5.94. The Bertz CT molecular complexity index is 441. The van der Waals surface area contributed by atoms with Crippen LogP contribution in [-0.2, 0) is 14.3 Å². The summed E-state index contributed by atoms with van der Waals surface area (Å²) in [4.78, 5) is 12.0. The minimum absolute atomic E-state index is 0.152. The predicted molar refractivity (Wildman–Crippen MR) is 77.1 cm³/mol. The fourth-order valence-corrected chi connectivity index (χ4v) is 2.01. The van der Waals surface area contributed by atoms with Crippen molar-refractivity contribution in [2.75, 3.05) is 18.5 Å². The van der Waals surface area contributed by atoms with E-state index in [0.29, 0.717) is 13.2 Å². The number of ether oxygens (including phenoxy) is 2. The van der Waals surface area contributed by atoms with E-state index in [4.69, 9.17) is 15.2 Å². The number of carbonyl (C=O) groups is 1. The quantitative estimate of drug-likeness (QED) is 0.864. The van der Waals surface area contributed by atoms with Crippen LogP contribution in [-0.4, -0.2) is 25.2 Å². The molecule has 2 rings (SSSR count). The van der Waals surface area contributed by atoms with Crippen LogP contribution in [0.1, 0.15) is 32.1 Å². The molecule has 1 aliphatic rings. The van der Waals surface area contributed by atoms with Gasteiger partial charge < -0.3 is 20.5 Å². The third-order valence-electron chi connectivity index (χ3n) is 3.63. The summed E-state index contributed by atoms with van der Waals surface area (Å²) >= 11 is 0. The van der Waals surface area contributed by atoms with Crippen LogP contribution < -0.4 is 11.1 Å². The van der Waals surface area contributed by atoms with Gasteiger partial charge in [0.2, 0.25) is 5.91 Å². The molecule has 1 heterocycles. The minimum atomic E-state index is -0.485. The monoisotopic (exact) mass is 278 g/mol. The van der Waals surface area contributed by atoms with Crippen molar-refractivity contribution < 1.29 is 14.3 Å². The summed E-state index contributed by atoms with van der Waals surface area (Å²) in [6.45, 7) is 5.23. The molecule has 0 radical (unpaired) electrons. The highest BCUT2D eigenvalue weighted by Crippen LogP contribution is 2.24. The van der Waals surface area contributed by atoms with E-state index in [9.17, 15) is 4.79 Å². The Balaban J connectivity index is 1.94. The van der Waals surface area contributed by atoms with Crippen molar-refractivity contribution in [3.8, 4) is 0 Å². The van der Waals surface area contributed by atoms with Gasteiger partial charge in [-0.1, -0.05) is 32.4 Å². The first kappa shape index (κ1) is 15.0. The first-order valence-electron chi connectivity index (χ1n) is 7.01. The van der Waals surface area contributed by atoms with Gasteiger partial charge in [0.05, 0.1) is 19.3 Å². The molecule has 20 heavy (non-hydrogen) atoms. The van der Waals surface area contributed by atoms with Gasteiger partial charge in [0.25, 0.3) is 0 Å². The van der Waals surface area contributed by atoms with E-state index >= 15 is 0 Å². The molecule has 1 saturated heterocycles. The van der Waals surface area contributed by atoms with Gasteiger partial charge in [0, 0.05) is 11.3 Å². The van der Waals surface area contributed by atoms with Crippen LogP contribution in [0.4, 0.5) is 5.69 Å². The van der Waals surface area contributed by atoms with Crippen LogP contribution in [0.2, 0.25) is 0 Å². The highest BCUT2D eigenvalue weighted by atomic mass is 16.7. The second kappa shape index (κ2) is 6.83. The average molecular weight is 278 g/mol. The Labute approximate surface area is 119 Å². The summed E-state index contributed by atoms with van der Waals surface area (Å²) in [7, 11) is 0. The molecule has 1 aromatic rings. The maximum atomic E-state index is 12.0. The molecule has 0 saturated carbocycles. The molecule has 5 nitrogen and oxygen atoms in total. The number of carbonyl (C=O) groups excluding carboxylic acids is 1. The SMILES string of the molecule is CCC(C)C(N)C(=O)Nc1ccc(C2OCCO2)cc1. The smallest absolute Gasteiger partial charge is 0.241 e. The number of amides is 1. The van der Waals surface area contributed by atoms with E-state index in [1.54, 1.807) is 0 Å². The molecule has 3 N–H and O–H groups in total. The second-order valence-corrected chi connectivity index (χ2v) is 5.10. The molecule has 1 aromatic carbocycles. The van der Waals surface area contributed by atoms with Gasteiger partial charge >= 0.3 is 0 Å². The molecule has 2 unspecified atom stereocenters. The molecule has 5 heteroatoms. The van der Waals surface area contributed by atoms with Gasteiger partial charge in [-0.05, 0) is 18.1 Å². The van der Waals surface area contributed by atoms with Crippen molar-refractivity contribution in [3.05, 3.63) is 29.8 Å². The maximum Gasteiger partial charge on any atom is 0.241 e. The van der Waals surface area contributed by atoms with Gasteiger partial charge in [-0.15, -0.1) is 0 Å². The number of benzene rings is 1. The Morgan fingerprint density at radius 2 is 1.95 bits per heavy atom. The topological polar surface area (TPSA) is 73.6 Å². The van der Waals surface area contributed by atoms with Crippen LogP contribution in [0.15, 0.2) is 24.3 Å². The van der Waals surface area contributed by atoms with Gasteiger partial charge in [0.1, 0.15) is 0 Å². The Kier molecular flexibility index (Phi) is 5.11. The minimum Gasteiger partial charge on any atom is -0.346 e. The predicted octanol–water partition coefficient (Wildman–Crippen LogP) is 2.04. The number of rotatable bonds is 5. The Hall–Kier alpha value is -1.43. The Morgan fingerprint density at radius 1 is 1.35 bits per heavy atom. The molecular weight excluding hydrogens is 256 g/mol. The molecule has 0 aliphatic carbocycles. The molecule has 2 atom stereocenters. The van der Waals surface area contributed by atoms with Gasteiger partial charge in [0.15, 0.2) is 6.29 Å². The third kappa shape index (κ3) is 3.56. The summed E-state index contributed by atoms with van der Waals surface area (Å²) in [6, 6.07) is 6.96. The van der Waals surface area contributed by atoms with Crippen LogP contribution >= 0.6 is 0 Å².